The van der Waals surface area contributed by atoms with Crippen molar-refractivity contribution in [1.29, 1.82) is 0 Å². The molecule has 2 aromatic rings. The normalized spacial score (nSPS) is 9.80. The Balaban J connectivity index is 1.90. The van der Waals surface area contributed by atoms with E-state index in [4.69, 9.17) is 0 Å². The summed E-state index contributed by atoms with van der Waals surface area (Å²) in [5.74, 6) is 0. The number of nitrogens with zero attached hydrogens (tertiary/aromatic N) is 2. The third-order valence-electron chi connectivity index (χ3n) is 2.51. The van der Waals surface area contributed by atoms with Gasteiger partial charge in [0.05, 0.1) is 4.92 Å². The molecule has 1 aromatic carbocycles. The van der Waals surface area contributed by atoms with Crippen molar-refractivity contribution in [2.45, 2.75) is 6.54 Å². The monoisotopic (exact) mass is 272 g/mol. The second-order valence-corrected chi connectivity index (χ2v) is 3.97. The van der Waals surface area contributed by atoms with E-state index in [-0.39, 0.29) is 18.3 Å². The molecule has 1 aromatic heterocycles. The molecule has 0 aliphatic heterocycles. The lowest BCUT2D eigenvalue weighted by atomic mass is 10.2. The van der Waals surface area contributed by atoms with Gasteiger partial charge in [-0.1, -0.05) is 12.1 Å². The number of amides is 2. The van der Waals surface area contributed by atoms with Crippen molar-refractivity contribution in [2.75, 3.05) is 5.32 Å². The Morgan fingerprint density at radius 2 is 2.00 bits per heavy atom. The number of nitrogens with one attached hydrogen (secondary N) is 2. The smallest absolute Gasteiger partial charge is 0.319 e. The fourth-order valence-corrected chi connectivity index (χ4v) is 1.57. The number of rotatable bonds is 4. The van der Waals surface area contributed by atoms with Crippen LogP contribution in [0, 0.1) is 10.1 Å². The summed E-state index contributed by atoms with van der Waals surface area (Å²) in [7, 11) is 0. The lowest BCUT2D eigenvalue weighted by molar-refractivity contribution is -0.384. The van der Waals surface area contributed by atoms with Crippen LogP contribution in [0.1, 0.15) is 5.56 Å². The highest BCUT2D eigenvalue weighted by Crippen LogP contribution is 2.12. The highest BCUT2D eigenvalue weighted by atomic mass is 16.6. The predicted octanol–water partition coefficient (Wildman–Crippen LogP) is 2.31. The number of non-ortho nitro benzene ring substituents is 1. The maximum atomic E-state index is 11.6. The molecule has 102 valence electrons. The van der Waals surface area contributed by atoms with Gasteiger partial charge in [0.1, 0.15) is 0 Å². The van der Waals surface area contributed by atoms with Gasteiger partial charge in [-0.25, -0.2) is 4.79 Å². The summed E-state index contributed by atoms with van der Waals surface area (Å²) in [5, 5.41) is 15.9. The maximum Gasteiger partial charge on any atom is 0.319 e. The van der Waals surface area contributed by atoms with Crippen molar-refractivity contribution < 1.29 is 9.72 Å². The Kier molecular flexibility index (Phi) is 4.23. The van der Waals surface area contributed by atoms with Gasteiger partial charge < -0.3 is 10.6 Å². The first-order chi connectivity index (χ1) is 9.65. The molecule has 0 saturated carbocycles. The van der Waals surface area contributed by atoms with E-state index in [1.807, 2.05) is 0 Å². The summed E-state index contributed by atoms with van der Waals surface area (Å²) in [6.45, 7) is 0.207. The van der Waals surface area contributed by atoms with E-state index >= 15 is 0 Å². The van der Waals surface area contributed by atoms with Crippen LogP contribution in [0.4, 0.5) is 16.2 Å². The number of pyridine rings is 1. The lowest BCUT2D eigenvalue weighted by Gasteiger charge is -2.07. The van der Waals surface area contributed by atoms with Gasteiger partial charge in [0.2, 0.25) is 0 Å². The molecule has 7 nitrogen and oxygen atoms in total. The summed E-state index contributed by atoms with van der Waals surface area (Å²) in [6.07, 6.45) is 3.13. The van der Waals surface area contributed by atoms with Crippen molar-refractivity contribution >= 4 is 17.4 Å². The number of hydrogen-bond donors (Lipinski definition) is 2. The summed E-state index contributed by atoms with van der Waals surface area (Å²) in [5.41, 5.74) is 1.28. The van der Waals surface area contributed by atoms with E-state index in [1.165, 1.54) is 12.1 Å². The zero-order valence-electron chi connectivity index (χ0n) is 10.4. The maximum absolute atomic E-state index is 11.6. The van der Waals surface area contributed by atoms with Gasteiger partial charge in [-0.15, -0.1) is 0 Å². The largest absolute Gasteiger partial charge is 0.334 e. The second kappa shape index (κ2) is 6.28. The average Bonchev–Trinajstić information content (AvgIpc) is 2.46. The van der Waals surface area contributed by atoms with E-state index in [9.17, 15) is 14.9 Å². The SMILES string of the molecule is O=C(NCc1cccc([N+](=O)[O-])c1)Nc1ccncc1. The van der Waals surface area contributed by atoms with Crippen molar-refractivity contribution in [3.8, 4) is 0 Å². The van der Waals surface area contributed by atoms with Crippen LogP contribution in [0.5, 0.6) is 0 Å². The summed E-state index contributed by atoms with van der Waals surface area (Å²) >= 11 is 0. The Hall–Kier alpha value is -2.96. The van der Waals surface area contributed by atoms with Crippen molar-refractivity contribution in [3.63, 3.8) is 0 Å². The lowest BCUT2D eigenvalue weighted by Crippen LogP contribution is -2.28. The summed E-state index contributed by atoms with van der Waals surface area (Å²) in [6, 6.07) is 9.05. The Labute approximate surface area is 114 Å². The molecule has 0 bridgehead atoms. The number of anilines is 1. The Morgan fingerprint density at radius 1 is 1.25 bits per heavy atom. The highest BCUT2D eigenvalue weighted by molar-refractivity contribution is 5.89. The van der Waals surface area contributed by atoms with Crippen LogP contribution in [0.25, 0.3) is 0 Å². The van der Waals surface area contributed by atoms with Crippen LogP contribution < -0.4 is 10.6 Å². The molecule has 20 heavy (non-hydrogen) atoms. The fraction of sp³-hybridized carbons (Fsp3) is 0.0769. The average molecular weight is 272 g/mol. The van der Waals surface area contributed by atoms with Crippen LogP contribution >= 0.6 is 0 Å². The third-order valence-corrected chi connectivity index (χ3v) is 2.51. The van der Waals surface area contributed by atoms with Crippen molar-refractivity contribution in [3.05, 3.63) is 64.5 Å². The minimum absolute atomic E-state index is 0.00107. The number of urea groups is 1. The molecule has 2 rings (SSSR count). The second-order valence-electron chi connectivity index (χ2n) is 3.97. The first-order valence-electron chi connectivity index (χ1n) is 5.83. The molecule has 7 heteroatoms. The van der Waals surface area contributed by atoms with Gasteiger partial charge in [-0.2, -0.15) is 0 Å². The van der Waals surface area contributed by atoms with Crippen molar-refractivity contribution in [2.24, 2.45) is 0 Å². The summed E-state index contributed by atoms with van der Waals surface area (Å²) in [4.78, 5) is 25.6. The zero-order chi connectivity index (χ0) is 14.4. The fourth-order valence-electron chi connectivity index (χ4n) is 1.57. The first-order valence-corrected chi connectivity index (χ1v) is 5.83. The molecule has 0 fully saturated rings. The number of aromatic nitrogens is 1. The molecule has 0 radical (unpaired) electrons. The molecular weight excluding hydrogens is 260 g/mol. The molecule has 0 aliphatic rings. The number of hydrogen-bond acceptors (Lipinski definition) is 4. The molecule has 0 unspecified atom stereocenters. The Morgan fingerprint density at radius 3 is 2.70 bits per heavy atom. The van der Waals surface area contributed by atoms with Crippen LogP contribution in [0.2, 0.25) is 0 Å². The van der Waals surface area contributed by atoms with Crippen LogP contribution in [-0.4, -0.2) is 15.9 Å². The minimum atomic E-state index is -0.472. The molecule has 0 saturated heterocycles. The minimum Gasteiger partial charge on any atom is -0.334 e. The standard InChI is InChI=1S/C13H12N4O3/c18-13(16-11-4-6-14-7-5-11)15-9-10-2-1-3-12(8-10)17(19)20/h1-8H,9H2,(H2,14,15,16,18). The number of benzene rings is 1. The van der Waals surface area contributed by atoms with E-state index < -0.39 is 4.92 Å². The molecule has 2 amide bonds. The molecule has 0 spiro atoms. The third kappa shape index (κ3) is 3.77. The highest BCUT2D eigenvalue weighted by Gasteiger charge is 2.06. The molecule has 2 N–H and O–H groups in total. The number of carbonyl (C=O) groups excluding carboxylic acids is 1. The number of carbonyl (C=O) groups is 1. The number of nitro groups is 1. The van der Waals surface area contributed by atoms with Crippen LogP contribution in [0.15, 0.2) is 48.8 Å². The van der Waals surface area contributed by atoms with E-state index in [2.05, 4.69) is 15.6 Å². The van der Waals surface area contributed by atoms with Gasteiger partial charge in [-0.3, -0.25) is 15.1 Å². The first kappa shape index (κ1) is 13.5. The van der Waals surface area contributed by atoms with Crippen LogP contribution in [0.3, 0.4) is 0 Å². The Bertz CT molecular complexity index is 616. The molecular formula is C13H12N4O3. The van der Waals surface area contributed by atoms with Crippen molar-refractivity contribution in [1.82, 2.24) is 10.3 Å². The van der Waals surface area contributed by atoms with Gasteiger partial charge in [0, 0.05) is 36.8 Å². The topological polar surface area (TPSA) is 97.2 Å². The molecule has 0 aliphatic carbocycles. The van der Waals surface area contributed by atoms with Gasteiger partial charge in [-0.05, 0) is 17.7 Å². The molecule has 0 atom stereocenters. The van der Waals surface area contributed by atoms with E-state index in [1.54, 1.807) is 36.7 Å². The van der Waals surface area contributed by atoms with E-state index in [0.29, 0.717) is 11.3 Å². The predicted molar refractivity (Wildman–Crippen MR) is 73.2 cm³/mol. The zero-order valence-corrected chi connectivity index (χ0v) is 10.4. The van der Waals surface area contributed by atoms with Gasteiger partial charge in [0.15, 0.2) is 0 Å². The number of nitro benzene ring substituents is 1. The quantitative estimate of drug-likeness (QED) is 0.659. The summed E-state index contributed by atoms with van der Waals surface area (Å²) < 4.78 is 0. The van der Waals surface area contributed by atoms with Crippen LogP contribution in [-0.2, 0) is 6.54 Å². The molecule has 1 heterocycles. The van der Waals surface area contributed by atoms with Gasteiger partial charge in [0.25, 0.3) is 5.69 Å². The van der Waals surface area contributed by atoms with Gasteiger partial charge >= 0.3 is 6.03 Å². The van der Waals surface area contributed by atoms with E-state index in [0.717, 1.165) is 0 Å².